The largest absolute Gasteiger partial charge is 0.394 e. The van der Waals surface area contributed by atoms with Gasteiger partial charge in [-0.15, -0.1) is 0 Å². The molecule has 104 valence electrons. The lowest BCUT2D eigenvalue weighted by atomic mass is 10.1. The van der Waals surface area contributed by atoms with Gasteiger partial charge in [-0.25, -0.2) is 0 Å². The quantitative estimate of drug-likeness (QED) is 0.786. The predicted octanol–water partition coefficient (Wildman–Crippen LogP) is 0.526. The molecular formula is C15H16N2O3. The Bertz CT molecular complexity index is 562. The highest BCUT2D eigenvalue weighted by Crippen LogP contribution is 2.18. The molecule has 0 aliphatic carbocycles. The zero-order valence-electron chi connectivity index (χ0n) is 10.9. The minimum absolute atomic E-state index is 0.161. The van der Waals surface area contributed by atoms with Crippen LogP contribution in [0.2, 0.25) is 0 Å². The van der Waals surface area contributed by atoms with Crippen molar-refractivity contribution in [3.8, 4) is 6.07 Å². The van der Waals surface area contributed by atoms with Crippen LogP contribution in [0.1, 0.15) is 17.5 Å². The fourth-order valence-corrected chi connectivity index (χ4v) is 2.34. The molecule has 1 aliphatic heterocycles. The summed E-state index contributed by atoms with van der Waals surface area (Å²) in [4.78, 5) is 13.5. The van der Waals surface area contributed by atoms with Gasteiger partial charge in [0, 0.05) is 12.6 Å². The molecule has 1 aromatic carbocycles. The molecule has 0 saturated carbocycles. The first-order valence-electron chi connectivity index (χ1n) is 6.42. The van der Waals surface area contributed by atoms with E-state index in [-0.39, 0.29) is 25.1 Å². The fraction of sp³-hybridized carbons (Fsp3) is 0.333. The summed E-state index contributed by atoms with van der Waals surface area (Å²) in [6.45, 7) is 0.0692. The molecule has 1 aliphatic rings. The van der Waals surface area contributed by atoms with Crippen LogP contribution < -0.4 is 0 Å². The Morgan fingerprint density at radius 3 is 2.95 bits per heavy atom. The minimum Gasteiger partial charge on any atom is -0.394 e. The Morgan fingerprint density at radius 1 is 1.50 bits per heavy atom. The van der Waals surface area contributed by atoms with Gasteiger partial charge in [-0.1, -0.05) is 18.2 Å². The molecule has 2 atom stereocenters. The predicted molar refractivity (Wildman–Crippen MR) is 73.4 cm³/mol. The Labute approximate surface area is 117 Å². The van der Waals surface area contributed by atoms with Crippen LogP contribution in [-0.2, 0) is 4.79 Å². The summed E-state index contributed by atoms with van der Waals surface area (Å²) in [6.07, 6.45) is 2.76. The lowest BCUT2D eigenvalue weighted by Crippen LogP contribution is -2.36. The van der Waals surface area contributed by atoms with Gasteiger partial charge in [0.15, 0.2) is 0 Å². The van der Waals surface area contributed by atoms with Crippen LogP contribution in [-0.4, -0.2) is 46.3 Å². The molecule has 1 saturated heterocycles. The van der Waals surface area contributed by atoms with Crippen LogP contribution in [0.4, 0.5) is 0 Å². The maximum atomic E-state index is 12.1. The number of β-amino-alcohol motifs (C(OH)–C–C–N with tert-alkyl or cyclic N) is 1. The van der Waals surface area contributed by atoms with Crippen molar-refractivity contribution in [2.24, 2.45) is 0 Å². The highest BCUT2D eigenvalue weighted by Gasteiger charge is 2.32. The van der Waals surface area contributed by atoms with E-state index in [0.717, 1.165) is 0 Å². The summed E-state index contributed by atoms with van der Waals surface area (Å²) in [5, 5.41) is 27.7. The van der Waals surface area contributed by atoms with E-state index in [9.17, 15) is 15.0 Å². The first-order valence-corrected chi connectivity index (χ1v) is 6.42. The molecule has 0 aromatic heterocycles. The SMILES string of the molecule is N#Cc1ccccc1/C=C/C(=O)N1C[C@H](O)C[C@H]1CO. The Hall–Kier alpha value is -2.16. The van der Waals surface area contributed by atoms with Gasteiger partial charge >= 0.3 is 0 Å². The van der Waals surface area contributed by atoms with E-state index < -0.39 is 6.10 Å². The van der Waals surface area contributed by atoms with Gasteiger partial charge in [0.2, 0.25) is 5.91 Å². The average molecular weight is 272 g/mol. The first-order chi connectivity index (χ1) is 9.65. The lowest BCUT2D eigenvalue weighted by molar-refractivity contribution is -0.127. The van der Waals surface area contributed by atoms with E-state index in [1.54, 1.807) is 30.3 Å². The number of aliphatic hydroxyl groups excluding tert-OH is 2. The van der Waals surface area contributed by atoms with Gasteiger partial charge in [0.05, 0.1) is 30.4 Å². The molecule has 1 heterocycles. The van der Waals surface area contributed by atoms with E-state index >= 15 is 0 Å². The van der Waals surface area contributed by atoms with Crippen LogP contribution in [0.25, 0.3) is 6.08 Å². The van der Waals surface area contributed by atoms with Crippen molar-refractivity contribution >= 4 is 12.0 Å². The third kappa shape index (κ3) is 3.05. The maximum absolute atomic E-state index is 12.1. The van der Waals surface area contributed by atoms with Crippen molar-refractivity contribution in [1.29, 1.82) is 5.26 Å². The van der Waals surface area contributed by atoms with Crippen LogP contribution >= 0.6 is 0 Å². The summed E-state index contributed by atoms with van der Waals surface area (Å²) >= 11 is 0. The molecular weight excluding hydrogens is 256 g/mol. The Kier molecular flexibility index (Phi) is 4.51. The normalized spacial score (nSPS) is 22.1. The van der Waals surface area contributed by atoms with Gasteiger partial charge < -0.3 is 15.1 Å². The first kappa shape index (κ1) is 14.3. The van der Waals surface area contributed by atoms with Crippen molar-refractivity contribution < 1.29 is 15.0 Å². The molecule has 0 spiro atoms. The van der Waals surface area contributed by atoms with Crippen LogP contribution in [0.15, 0.2) is 30.3 Å². The fourth-order valence-electron chi connectivity index (χ4n) is 2.34. The number of rotatable bonds is 3. The van der Waals surface area contributed by atoms with Crippen molar-refractivity contribution in [3.05, 3.63) is 41.5 Å². The number of carbonyl (C=O) groups is 1. The summed E-state index contributed by atoms with van der Waals surface area (Å²) in [5.41, 5.74) is 1.17. The van der Waals surface area contributed by atoms with Crippen molar-refractivity contribution in [2.75, 3.05) is 13.2 Å². The van der Waals surface area contributed by atoms with Gasteiger partial charge in [0.25, 0.3) is 0 Å². The number of likely N-dealkylation sites (tertiary alicyclic amines) is 1. The van der Waals surface area contributed by atoms with E-state index in [4.69, 9.17) is 5.26 Å². The van der Waals surface area contributed by atoms with Crippen molar-refractivity contribution in [3.63, 3.8) is 0 Å². The standard InChI is InChI=1S/C15H16N2O3/c16-8-12-4-2-1-3-11(12)5-6-15(20)17-9-14(19)7-13(17)10-18/h1-6,13-14,18-19H,7,9-10H2/b6-5+/t13-,14+/m0/s1. The van der Waals surface area contributed by atoms with Gasteiger partial charge in [-0.2, -0.15) is 5.26 Å². The molecule has 2 N–H and O–H groups in total. The second kappa shape index (κ2) is 6.33. The number of hydrogen-bond donors (Lipinski definition) is 2. The maximum Gasteiger partial charge on any atom is 0.246 e. The van der Waals surface area contributed by atoms with E-state index in [1.807, 2.05) is 0 Å². The summed E-state index contributed by atoms with van der Waals surface area (Å²) in [6, 6.07) is 8.71. The zero-order chi connectivity index (χ0) is 14.5. The van der Waals surface area contributed by atoms with Gasteiger partial charge in [-0.3, -0.25) is 4.79 Å². The smallest absolute Gasteiger partial charge is 0.246 e. The third-order valence-electron chi connectivity index (χ3n) is 3.37. The Balaban J connectivity index is 2.11. The molecule has 1 aromatic rings. The molecule has 0 unspecified atom stereocenters. The van der Waals surface area contributed by atoms with Gasteiger partial charge in [-0.05, 0) is 24.1 Å². The zero-order valence-corrected chi connectivity index (χ0v) is 10.9. The molecule has 20 heavy (non-hydrogen) atoms. The molecule has 1 amide bonds. The molecule has 1 fully saturated rings. The Morgan fingerprint density at radius 2 is 2.25 bits per heavy atom. The van der Waals surface area contributed by atoms with E-state index in [2.05, 4.69) is 6.07 Å². The minimum atomic E-state index is -0.587. The third-order valence-corrected chi connectivity index (χ3v) is 3.37. The summed E-state index contributed by atoms with van der Waals surface area (Å²) < 4.78 is 0. The van der Waals surface area contributed by atoms with E-state index in [1.165, 1.54) is 11.0 Å². The van der Waals surface area contributed by atoms with Crippen molar-refractivity contribution in [2.45, 2.75) is 18.6 Å². The number of nitrogens with zero attached hydrogens (tertiary/aromatic N) is 2. The molecule has 0 radical (unpaired) electrons. The molecule has 5 heteroatoms. The van der Waals surface area contributed by atoms with Crippen LogP contribution in [0, 0.1) is 11.3 Å². The van der Waals surface area contributed by atoms with E-state index in [0.29, 0.717) is 17.5 Å². The van der Waals surface area contributed by atoms with Gasteiger partial charge in [0.1, 0.15) is 0 Å². The molecule has 0 bridgehead atoms. The second-order valence-electron chi connectivity index (χ2n) is 4.75. The second-order valence-corrected chi connectivity index (χ2v) is 4.75. The average Bonchev–Trinajstić information content (AvgIpc) is 2.86. The monoisotopic (exact) mass is 272 g/mol. The highest BCUT2D eigenvalue weighted by atomic mass is 16.3. The number of nitriles is 1. The number of hydrogen-bond acceptors (Lipinski definition) is 4. The van der Waals surface area contributed by atoms with Crippen molar-refractivity contribution in [1.82, 2.24) is 4.90 Å². The van der Waals surface area contributed by atoms with Crippen LogP contribution in [0.3, 0.4) is 0 Å². The number of amides is 1. The summed E-state index contributed by atoms with van der Waals surface area (Å²) in [7, 11) is 0. The topological polar surface area (TPSA) is 84.6 Å². The highest BCUT2D eigenvalue weighted by molar-refractivity contribution is 5.92. The molecule has 2 rings (SSSR count). The molecule has 5 nitrogen and oxygen atoms in total. The number of aliphatic hydroxyl groups is 2. The lowest BCUT2D eigenvalue weighted by Gasteiger charge is -2.20. The number of carbonyl (C=O) groups excluding carboxylic acids is 1. The van der Waals surface area contributed by atoms with Crippen LogP contribution in [0.5, 0.6) is 0 Å². The number of benzene rings is 1. The summed E-state index contributed by atoms with van der Waals surface area (Å²) in [5.74, 6) is -0.270.